The summed E-state index contributed by atoms with van der Waals surface area (Å²) in [5.41, 5.74) is 0. The van der Waals surface area contributed by atoms with Crippen molar-refractivity contribution in [3.05, 3.63) is 0 Å². The average Bonchev–Trinajstić information content (AvgIpc) is 2.63. The van der Waals surface area contributed by atoms with Gasteiger partial charge >= 0.3 is 0 Å². The van der Waals surface area contributed by atoms with Gasteiger partial charge in [-0.1, -0.05) is 0 Å². The summed E-state index contributed by atoms with van der Waals surface area (Å²) >= 11 is 0. The Morgan fingerprint density at radius 3 is 2.86 bits per heavy atom. The van der Waals surface area contributed by atoms with Crippen molar-refractivity contribution in [1.29, 1.82) is 0 Å². The maximum Gasteiger partial charge on any atom is 0.0700 e. The SMILES string of the molecule is CC1OCCC1NCC1CCCOC1. The van der Waals surface area contributed by atoms with E-state index in [1.54, 1.807) is 0 Å². The summed E-state index contributed by atoms with van der Waals surface area (Å²) in [7, 11) is 0. The van der Waals surface area contributed by atoms with Crippen LogP contribution in [0.25, 0.3) is 0 Å². The molecule has 2 fully saturated rings. The predicted octanol–water partition coefficient (Wildman–Crippen LogP) is 1.18. The van der Waals surface area contributed by atoms with E-state index < -0.39 is 0 Å². The second-order valence-corrected chi connectivity index (χ2v) is 4.46. The van der Waals surface area contributed by atoms with E-state index in [1.165, 1.54) is 12.8 Å². The van der Waals surface area contributed by atoms with Gasteiger partial charge in [-0.2, -0.15) is 0 Å². The van der Waals surface area contributed by atoms with Crippen molar-refractivity contribution < 1.29 is 9.47 Å². The Hall–Kier alpha value is -0.120. The first kappa shape index (κ1) is 10.4. The Kier molecular flexibility index (Phi) is 3.79. The molecule has 2 aliphatic heterocycles. The summed E-state index contributed by atoms with van der Waals surface area (Å²) in [6.45, 7) is 6.06. The largest absolute Gasteiger partial charge is 0.381 e. The maximum absolute atomic E-state index is 5.51. The van der Waals surface area contributed by atoms with Gasteiger partial charge in [0.2, 0.25) is 0 Å². The lowest BCUT2D eigenvalue weighted by Crippen LogP contribution is -2.39. The summed E-state index contributed by atoms with van der Waals surface area (Å²) < 4.78 is 11.0. The third-order valence-electron chi connectivity index (χ3n) is 3.30. The lowest BCUT2D eigenvalue weighted by molar-refractivity contribution is 0.0516. The van der Waals surface area contributed by atoms with Crippen LogP contribution < -0.4 is 5.32 Å². The Labute approximate surface area is 86.2 Å². The second-order valence-electron chi connectivity index (χ2n) is 4.46. The first-order chi connectivity index (χ1) is 6.86. The molecule has 2 heterocycles. The molecule has 0 aliphatic carbocycles. The van der Waals surface area contributed by atoms with Gasteiger partial charge in [0, 0.05) is 25.8 Å². The van der Waals surface area contributed by atoms with Crippen LogP contribution in [-0.2, 0) is 9.47 Å². The van der Waals surface area contributed by atoms with Gasteiger partial charge in [-0.25, -0.2) is 0 Å². The molecule has 14 heavy (non-hydrogen) atoms. The molecular weight excluding hydrogens is 178 g/mol. The van der Waals surface area contributed by atoms with Crippen LogP contribution >= 0.6 is 0 Å². The standard InChI is InChI=1S/C11H21NO2/c1-9-11(4-6-14-9)12-7-10-3-2-5-13-8-10/h9-12H,2-8H2,1H3. The topological polar surface area (TPSA) is 30.5 Å². The molecule has 0 bridgehead atoms. The molecule has 1 N–H and O–H groups in total. The molecule has 2 saturated heterocycles. The highest BCUT2D eigenvalue weighted by Gasteiger charge is 2.24. The van der Waals surface area contributed by atoms with E-state index in [1.807, 2.05) is 0 Å². The van der Waals surface area contributed by atoms with Crippen molar-refractivity contribution in [1.82, 2.24) is 5.32 Å². The van der Waals surface area contributed by atoms with Crippen molar-refractivity contribution in [2.75, 3.05) is 26.4 Å². The van der Waals surface area contributed by atoms with Gasteiger partial charge < -0.3 is 14.8 Å². The van der Waals surface area contributed by atoms with Gasteiger partial charge in [0.15, 0.2) is 0 Å². The smallest absolute Gasteiger partial charge is 0.0700 e. The molecule has 3 heteroatoms. The first-order valence-corrected chi connectivity index (χ1v) is 5.79. The van der Waals surface area contributed by atoms with E-state index in [2.05, 4.69) is 12.2 Å². The van der Waals surface area contributed by atoms with Gasteiger partial charge in [-0.05, 0) is 32.1 Å². The highest BCUT2D eigenvalue weighted by Crippen LogP contribution is 2.16. The molecule has 0 amide bonds. The van der Waals surface area contributed by atoms with Crippen molar-refractivity contribution in [2.45, 2.75) is 38.3 Å². The lowest BCUT2D eigenvalue weighted by Gasteiger charge is -2.25. The number of hydrogen-bond acceptors (Lipinski definition) is 3. The highest BCUT2D eigenvalue weighted by molar-refractivity contribution is 4.80. The van der Waals surface area contributed by atoms with Crippen molar-refractivity contribution >= 4 is 0 Å². The molecule has 82 valence electrons. The molecule has 3 unspecified atom stereocenters. The van der Waals surface area contributed by atoms with Gasteiger partial charge in [0.1, 0.15) is 0 Å². The van der Waals surface area contributed by atoms with Crippen molar-refractivity contribution in [3.8, 4) is 0 Å². The fourth-order valence-corrected chi connectivity index (χ4v) is 2.29. The molecule has 0 aromatic heterocycles. The minimum atomic E-state index is 0.388. The second kappa shape index (κ2) is 5.10. The minimum absolute atomic E-state index is 0.388. The van der Waals surface area contributed by atoms with Crippen molar-refractivity contribution in [2.24, 2.45) is 5.92 Å². The van der Waals surface area contributed by atoms with Crippen molar-refractivity contribution in [3.63, 3.8) is 0 Å². The summed E-state index contributed by atoms with van der Waals surface area (Å²) in [6.07, 6.45) is 4.09. The molecule has 0 aromatic carbocycles. The van der Waals surface area contributed by atoms with Crippen LogP contribution in [0.4, 0.5) is 0 Å². The third kappa shape index (κ3) is 2.69. The maximum atomic E-state index is 5.51. The Morgan fingerprint density at radius 2 is 2.21 bits per heavy atom. The molecule has 0 aromatic rings. The van der Waals surface area contributed by atoms with Crippen LogP contribution in [0.3, 0.4) is 0 Å². The zero-order valence-electron chi connectivity index (χ0n) is 9.00. The summed E-state index contributed by atoms with van der Waals surface area (Å²) in [5, 5.41) is 3.60. The number of nitrogens with one attached hydrogen (secondary N) is 1. The van der Waals surface area contributed by atoms with Gasteiger partial charge in [0.05, 0.1) is 12.7 Å². The summed E-state index contributed by atoms with van der Waals surface area (Å²) in [4.78, 5) is 0. The third-order valence-corrected chi connectivity index (χ3v) is 3.30. The Bertz CT molecular complexity index is 169. The van der Waals surface area contributed by atoms with Gasteiger partial charge in [-0.15, -0.1) is 0 Å². The van der Waals surface area contributed by atoms with E-state index in [9.17, 15) is 0 Å². The van der Waals surface area contributed by atoms with Crippen LogP contribution in [0.2, 0.25) is 0 Å². The lowest BCUT2D eigenvalue weighted by atomic mass is 10.0. The summed E-state index contributed by atoms with van der Waals surface area (Å²) in [5.74, 6) is 0.719. The van der Waals surface area contributed by atoms with E-state index in [0.717, 1.165) is 38.7 Å². The quantitative estimate of drug-likeness (QED) is 0.740. The summed E-state index contributed by atoms with van der Waals surface area (Å²) in [6, 6.07) is 0.567. The molecule has 0 saturated carbocycles. The number of ether oxygens (including phenoxy) is 2. The number of rotatable bonds is 3. The van der Waals surface area contributed by atoms with Gasteiger partial charge in [-0.3, -0.25) is 0 Å². The van der Waals surface area contributed by atoms with E-state index in [4.69, 9.17) is 9.47 Å². The van der Waals surface area contributed by atoms with Crippen LogP contribution in [0.1, 0.15) is 26.2 Å². The molecule has 3 atom stereocenters. The average molecular weight is 199 g/mol. The fourth-order valence-electron chi connectivity index (χ4n) is 2.29. The zero-order chi connectivity index (χ0) is 9.80. The normalized spacial score (nSPS) is 38.8. The molecule has 0 spiro atoms. The van der Waals surface area contributed by atoms with Crippen LogP contribution in [0, 0.1) is 5.92 Å². The van der Waals surface area contributed by atoms with E-state index >= 15 is 0 Å². The van der Waals surface area contributed by atoms with E-state index in [-0.39, 0.29) is 0 Å². The molecule has 2 rings (SSSR count). The predicted molar refractivity (Wildman–Crippen MR) is 55.4 cm³/mol. The molecule has 3 nitrogen and oxygen atoms in total. The zero-order valence-corrected chi connectivity index (χ0v) is 9.00. The monoisotopic (exact) mass is 199 g/mol. The fraction of sp³-hybridized carbons (Fsp3) is 1.00. The Morgan fingerprint density at radius 1 is 1.29 bits per heavy atom. The van der Waals surface area contributed by atoms with Gasteiger partial charge in [0.25, 0.3) is 0 Å². The minimum Gasteiger partial charge on any atom is -0.381 e. The first-order valence-electron chi connectivity index (χ1n) is 5.79. The van der Waals surface area contributed by atoms with Crippen LogP contribution in [0.5, 0.6) is 0 Å². The molecular formula is C11H21NO2. The van der Waals surface area contributed by atoms with Crippen LogP contribution in [0.15, 0.2) is 0 Å². The number of hydrogen-bond donors (Lipinski definition) is 1. The molecule has 2 aliphatic rings. The highest BCUT2D eigenvalue weighted by atomic mass is 16.5. The Balaban J connectivity index is 1.65. The molecule has 0 radical (unpaired) electrons. The van der Waals surface area contributed by atoms with Crippen LogP contribution in [-0.4, -0.2) is 38.5 Å². The van der Waals surface area contributed by atoms with E-state index in [0.29, 0.717) is 12.1 Å².